The van der Waals surface area contributed by atoms with Gasteiger partial charge in [-0.3, -0.25) is 9.59 Å². The first-order chi connectivity index (χ1) is 14.6. The summed E-state index contributed by atoms with van der Waals surface area (Å²) < 4.78 is 26.0. The van der Waals surface area contributed by atoms with E-state index in [9.17, 15) is 18.0 Å². The average molecular weight is 463 g/mol. The Kier molecular flexibility index (Phi) is 5.43. The molecule has 0 saturated carbocycles. The zero-order valence-corrected chi connectivity index (χ0v) is 18.9. The molecule has 2 aliphatic rings. The summed E-state index contributed by atoms with van der Waals surface area (Å²) in [6, 6.07) is 10.1. The number of anilines is 2. The van der Waals surface area contributed by atoms with Crippen molar-refractivity contribution < 1.29 is 18.0 Å². The lowest BCUT2D eigenvalue weighted by molar-refractivity contribution is -0.123. The van der Waals surface area contributed by atoms with Crippen molar-refractivity contribution in [3.05, 3.63) is 53.2 Å². The van der Waals surface area contributed by atoms with Crippen molar-refractivity contribution in [2.45, 2.75) is 13.8 Å². The van der Waals surface area contributed by atoms with Crippen molar-refractivity contribution in [3.8, 4) is 0 Å². The molecule has 1 aromatic heterocycles. The number of hydrogen-bond donors (Lipinski definition) is 0. The molecule has 2 saturated heterocycles. The first-order valence-corrected chi connectivity index (χ1v) is 11.9. The molecule has 2 fully saturated rings. The van der Waals surface area contributed by atoms with Gasteiger partial charge >= 0.3 is 0 Å². The number of rotatable bonds is 3. The van der Waals surface area contributed by atoms with E-state index >= 15 is 0 Å². The van der Waals surface area contributed by atoms with Crippen LogP contribution in [-0.4, -0.2) is 62.0 Å². The standard InChI is InChI=1S/C21H23ClN4O4S/c1-21(2)14-31(29,30)26(20(21)28)17-13-15(6-7-16(17)22)19(27)25-11-9-24(10-12-25)18-5-3-4-8-23-18/h3-8,13H,9-12,14H2,1-2H3. The van der Waals surface area contributed by atoms with Gasteiger partial charge in [0.2, 0.25) is 15.9 Å². The fourth-order valence-corrected chi connectivity index (χ4v) is 6.27. The minimum absolute atomic E-state index is 0.0233. The van der Waals surface area contributed by atoms with E-state index in [0.29, 0.717) is 31.7 Å². The second-order valence-electron chi connectivity index (χ2n) is 8.34. The van der Waals surface area contributed by atoms with E-state index < -0.39 is 21.3 Å². The Bertz CT molecular complexity index is 1130. The van der Waals surface area contributed by atoms with Crippen LogP contribution in [0.1, 0.15) is 24.2 Å². The number of hydrogen-bond acceptors (Lipinski definition) is 6. The third-order valence-corrected chi connectivity index (χ3v) is 7.86. The van der Waals surface area contributed by atoms with E-state index in [2.05, 4.69) is 9.88 Å². The summed E-state index contributed by atoms with van der Waals surface area (Å²) in [6.07, 6.45) is 1.73. The average Bonchev–Trinajstić information content (AvgIpc) is 2.91. The number of carbonyl (C=O) groups is 2. The summed E-state index contributed by atoms with van der Waals surface area (Å²) in [7, 11) is -3.86. The highest BCUT2D eigenvalue weighted by molar-refractivity contribution is 7.94. The fraction of sp³-hybridized carbons (Fsp3) is 0.381. The fourth-order valence-electron chi connectivity index (χ4n) is 3.91. The summed E-state index contributed by atoms with van der Waals surface area (Å²) in [4.78, 5) is 34.0. The molecule has 0 aliphatic carbocycles. The largest absolute Gasteiger partial charge is 0.353 e. The number of nitrogens with zero attached hydrogens (tertiary/aromatic N) is 4. The van der Waals surface area contributed by atoms with Gasteiger partial charge in [0.1, 0.15) is 5.82 Å². The highest BCUT2D eigenvalue weighted by Gasteiger charge is 2.50. The summed E-state index contributed by atoms with van der Waals surface area (Å²) in [5.41, 5.74) is -0.738. The van der Waals surface area contributed by atoms with Crippen molar-refractivity contribution in [1.29, 1.82) is 0 Å². The Labute approximate surface area is 186 Å². The van der Waals surface area contributed by atoms with E-state index in [4.69, 9.17) is 11.6 Å². The molecule has 2 aliphatic heterocycles. The molecule has 3 heterocycles. The maximum Gasteiger partial charge on any atom is 0.254 e. The van der Waals surface area contributed by atoms with Crippen LogP contribution in [-0.2, 0) is 14.8 Å². The summed E-state index contributed by atoms with van der Waals surface area (Å²) in [5, 5.41) is 0.103. The molecule has 31 heavy (non-hydrogen) atoms. The number of halogens is 1. The minimum atomic E-state index is -3.86. The molecule has 0 radical (unpaired) electrons. The summed E-state index contributed by atoms with van der Waals surface area (Å²) in [6.45, 7) is 5.43. The van der Waals surface area contributed by atoms with E-state index in [1.165, 1.54) is 12.1 Å². The molecule has 0 N–H and O–H groups in total. The molecular weight excluding hydrogens is 440 g/mol. The van der Waals surface area contributed by atoms with E-state index in [-0.39, 0.29) is 22.4 Å². The van der Waals surface area contributed by atoms with Crippen molar-refractivity contribution in [1.82, 2.24) is 9.88 Å². The molecule has 0 bridgehead atoms. The number of piperazine rings is 1. The molecule has 164 valence electrons. The summed E-state index contributed by atoms with van der Waals surface area (Å²) >= 11 is 6.24. The minimum Gasteiger partial charge on any atom is -0.353 e. The molecule has 0 atom stereocenters. The zero-order chi connectivity index (χ0) is 22.4. The van der Waals surface area contributed by atoms with Crippen LogP contribution in [0.15, 0.2) is 42.6 Å². The number of carbonyl (C=O) groups excluding carboxylic acids is 2. The predicted octanol–water partition coefficient (Wildman–Crippen LogP) is 2.40. The van der Waals surface area contributed by atoms with Crippen molar-refractivity contribution in [2.24, 2.45) is 5.41 Å². The molecular formula is C21H23ClN4O4S. The van der Waals surface area contributed by atoms with E-state index in [1.807, 2.05) is 18.2 Å². The number of aromatic nitrogens is 1. The second kappa shape index (κ2) is 7.80. The Morgan fingerprint density at radius 2 is 1.81 bits per heavy atom. The number of pyridine rings is 1. The van der Waals surface area contributed by atoms with Crippen LogP contribution in [0.25, 0.3) is 0 Å². The maximum atomic E-state index is 13.1. The van der Waals surface area contributed by atoms with Crippen LogP contribution >= 0.6 is 11.6 Å². The second-order valence-corrected chi connectivity index (χ2v) is 10.6. The van der Waals surface area contributed by atoms with E-state index in [0.717, 1.165) is 10.1 Å². The van der Waals surface area contributed by atoms with Gasteiger partial charge in [0, 0.05) is 37.9 Å². The lowest BCUT2D eigenvalue weighted by Gasteiger charge is -2.35. The lowest BCUT2D eigenvalue weighted by atomic mass is 9.95. The lowest BCUT2D eigenvalue weighted by Crippen LogP contribution is -2.49. The molecule has 2 aromatic rings. The van der Waals surface area contributed by atoms with Gasteiger partial charge in [0.05, 0.1) is 21.9 Å². The number of amides is 2. The topological polar surface area (TPSA) is 90.9 Å². The highest BCUT2D eigenvalue weighted by atomic mass is 35.5. The molecule has 2 amide bonds. The predicted molar refractivity (Wildman–Crippen MR) is 119 cm³/mol. The zero-order valence-electron chi connectivity index (χ0n) is 17.3. The molecule has 8 nitrogen and oxygen atoms in total. The number of benzene rings is 1. The van der Waals surface area contributed by atoms with Gasteiger partial charge in [-0.1, -0.05) is 17.7 Å². The van der Waals surface area contributed by atoms with Crippen LogP contribution in [0, 0.1) is 5.41 Å². The highest BCUT2D eigenvalue weighted by Crippen LogP contribution is 2.39. The Morgan fingerprint density at radius 1 is 1.10 bits per heavy atom. The van der Waals surface area contributed by atoms with Gasteiger partial charge in [0.15, 0.2) is 0 Å². The molecule has 10 heteroatoms. The molecule has 4 rings (SSSR count). The Balaban J connectivity index is 1.55. The quantitative estimate of drug-likeness (QED) is 0.695. The van der Waals surface area contributed by atoms with Crippen molar-refractivity contribution >= 4 is 44.9 Å². The van der Waals surface area contributed by atoms with E-state index in [1.54, 1.807) is 31.0 Å². The molecule has 0 unspecified atom stereocenters. The van der Waals surface area contributed by atoms with Gasteiger partial charge < -0.3 is 9.80 Å². The molecule has 0 spiro atoms. The third-order valence-electron chi connectivity index (χ3n) is 5.54. The van der Waals surface area contributed by atoms with Gasteiger partial charge in [-0.25, -0.2) is 17.7 Å². The number of sulfonamides is 1. The van der Waals surface area contributed by atoms with Crippen LogP contribution < -0.4 is 9.21 Å². The maximum absolute atomic E-state index is 13.1. The van der Waals surface area contributed by atoms with Gasteiger partial charge in [0.25, 0.3) is 5.91 Å². The molecule has 1 aromatic carbocycles. The van der Waals surface area contributed by atoms with Crippen LogP contribution in [0.5, 0.6) is 0 Å². The third kappa shape index (κ3) is 3.99. The van der Waals surface area contributed by atoms with Gasteiger partial charge in [-0.15, -0.1) is 0 Å². The van der Waals surface area contributed by atoms with Crippen LogP contribution in [0.3, 0.4) is 0 Å². The smallest absolute Gasteiger partial charge is 0.254 e. The summed E-state index contributed by atoms with van der Waals surface area (Å²) in [5.74, 6) is -0.225. The van der Waals surface area contributed by atoms with Crippen LogP contribution in [0.4, 0.5) is 11.5 Å². The van der Waals surface area contributed by atoms with Gasteiger partial charge in [-0.05, 0) is 44.2 Å². The Morgan fingerprint density at radius 3 is 2.39 bits per heavy atom. The normalized spacial score (nSPS) is 20.2. The Hall–Kier alpha value is -2.65. The van der Waals surface area contributed by atoms with Crippen molar-refractivity contribution in [2.75, 3.05) is 41.1 Å². The SMILES string of the molecule is CC1(C)CS(=O)(=O)N(c2cc(C(=O)N3CCN(c4ccccn4)CC3)ccc2Cl)C1=O. The first kappa shape index (κ1) is 21.6. The monoisotopic (exact) mass is 462 g/mol. The van der Waals surface area contributed by atoms with Crippen molar-refractivity contribution in [3.63, 3.8) is 0 Å². The van der Waals surface area contributed by atoms with Gasteiger partial charge in [-0.2, -0.15) is 0 Å². The van der Waals surface area contributed by atoms with Crippen LogP contribution in [0.2, 0.25) is 5.02 Å². The first-order valence-electron chi connectivity index (χ1n) is 9.92.